The number of nitrogen functional groups attached to an aromatic ring is 1. The second kappa shape index (κ2) is 3.49. The molecule has 4 heterocycles. The zero-order valence-corrected chi connectivity index (χ0v) is 8.89. The van der Waals surface area contributed by atoms with E-state index in [1.165, 1.54) is 37.9 Å². The smallest absolute Gasteiger partial charge is 0.0503 e. The highest BCUT2D eigenvalue weighted by Gasteiger charge is 2.34. The van der Waals surface area contributed by atoms with Crippen molar-refractivity contribution in [3.63, 3.8) is 0 Å². The second-order valence-corrected chi connectivity index (χ2v) is 4.78. The normalized spacial score (nSPS) is 34.3. The molecule has 3 aliphatic rings. The fraction of sp³-hybridized carbons (Fsp3) is 0.583. The molecule has 3 saturated heterocycles. The van der Waals surface area contributed by atoms with Crippen LogP contribution in [0.2, 0.25) is 0 Å². The number of piperidine rings is 3. The summed E-state index contributed by atoms with van der Waals surface area (Å²) in [5.41, 5.74) is 7.87. The number of rotatable bonds is 1. The molecule has 15 heavy (non-hydrogen) atoms. The zero-order valence-electron chi connectivity index (χ0n) is 8.89. The number of fused-ring (bicyclic) bond motifs is 3. The molecule has 0 aromatic carbocycles. The molecule has 0 amide bonds. The van der Waals surface area contributed by atoms with Crippen LogP contribution in [-0.2, 0) is 0 Å². The van der Waals surface area contributed by atoms with Gasteiger partial charge in [-0.3, -0.25) is 9.88 Å². The number of anilines is 1. The third-order valence-electron chi connectivity index (χ3n) is 3.81. The van der Waals surface area contributed by atoms with Gasteiger partial charge in [-0.2, -0.15) is 0 Å². The van der Waals surface area contributed by atoms with Crippen molar-refractivity contribution in [1.29, 1.82) is 0 Å². The van der Waals surface area contributed by atoms with E-state index < -0.39 is 0 Å². The fourth-order valence-corrected chi connectivity index (χ4v) is 2.97. The first-order valence-electron chi connectivity index (χ1n) is 5.77. The molecule has 80 valence electrons. The maximum atomic E-state index is 5.78. The van der Waals surface area contributed by atoms with E-state index in [9.17, 15) is 0 Å². The highest BCUT2D eigenvalue weighted by molar-refractivity contribution is 5.38. The quantitative estimate of drug-likeness (QED) is 0.757. The third kappa shape index (κ3) is 1.61. The molecule has 3 aliphatic heterocycles. The lowest BCUT2D eigenvalue weighted by molar-refractivity contribution is 0.0489. The Hall–Kier alpha value is -1.09. The first kappa shape index (κ1) is 9.16. The van der Waals surface area contributed by atoms with Gasteiger partial charge in [0.25, 0.3) is 0 Å². The number of pyridine rings is 1. The van der Waals surface area contributed by atoms with Crippen LogP contribution in [0.1, 0.15) is 30.9 Å². The molecule has 1 aromatic rings. The van der Waals surface area contributed by atoms with Crippen LogP contribution in [0.3, 0.4) is 0 Å². The summed E-state index contributed by atoms with van der Waals surface area (Å²) in [6.45, 7) is 2.51. The van der Waals surface area contributed by atoms with E-state index in [-0.39, 0.29) is 0 Å². The van der Waals surface area contributed by atoms with Crippen LogP contribution in [0.15, 0.2) is 18.5 Å². The molecule has 4 rings (SSSR count). The SMILES string of the molecule is Nc1cncc(C2CC3CCN2CC3)c1. The molecule has 1 atom stereocenters. The second-order valence-electron chi connectivity index (χ2n) is 4.78. The van der Waals surface area contributed by atoms with Gasteiger partial charge in [0.1, 0.15) is 0 Å². The Kier molecular flexibility index (Phi) is 2.13. The number of nitrogens with two attached hydrogens (primary N) is 1. The van der Waals surface area contributed by atoms with Crippen molar-refractivity contribution in [2.45, 2.75) is 25.3 Å². The minimum absolute atomic E-state index is 0.577. The molecular weight excluding hydrogens is 186 g/mol. The highest BCUT2D eigenvalue weighted by Crippen LogP contribution is 2.40. The zero-order chi connectivity index (χ0) is 10.3. The Morgan fingerprint density at radius 3 is 2.67 bits per heavy atom. The van der Waals surface area contributed by atoms with E-state index in [2.05, 4.69) is 16.0 Å². The lowest BCUT2D eigenvalue weighted by atomic mass is 9.81. The van der Waals surface area contributed by atoms with Crippen molar-refractivity contribution in [2.24, 2.45) is 5.92 Å². The number of hydrogen-bond acceptors (Lipinski definition) is 3. The van der Waals surface area contributed by atoms with Crippen LogP contribution in [0.5, 0.6) is 0 Å². The van der Waals surface area contributed by atoms with E-state index >= 15 is 0 Å². The highest BCUT2D eigenvalue weighted by atomic mass is 15.2. The monoisotopic (exact) mass is 203 g/mol. The van der Waals surface area contributed by atoms with Gasteiger partial charge in [0.05, 0.1) is 5.69 Å². The Bertz CT molecular complexity index is 356. The molecule has 1 unspecified atom stereocenters. The molecule has 0 saturated carbocycles. The van der Waals surface area contributed by atoms with Crippen molar-refractivity contribution in [2.75, 3.05) is 18.8 Å². The number of aromatic nitrogens is 1. The Morgan fingerprint density at radius 2 is 2.07 bits per heavy atom. The first-order chi connectivity index (χ1) is 7.33. The maximum absolute atomic E-state index is 5.78. The van der Waals surface area contributed by atoms with Crippen molar-refractivity contribution < 1.29 is 0 Å². The molecule has 1 aromatic heterocycles. The maximum Gasteiger partial charge on any atom is 0.0503 e. The minimum atomic E-state index is 0.577. The minimum Gasteiger partial charge on any atom is -0.397 e. The Morgan fingerprint density at radius 1 is 1.27 bits per heavy atom. The largest absolute Gasteiger partial charge is 0.397 e. The average Bonchev–Trinajstić information content (AvgIpc) is 2.30. The summed E-state index contributed by atoms with van der Waals surface area (Å²) in [6.07, 6.45) is 7.76. The van der Waals surface area contributed by atoms with Gasteiger partial charge >= 0.3 is 0 Å². The lowest BCUT2D eigenvalue weighted by Gasteiger charge is -2.45. The molecule has 3 nitrogen and oxygen atoms in total. The Balaban J connectivity index is 1.88. The van der Waals surface area contributed by atoms with Crippen molar-refractivity contribution >= 4 is 5.69 Å². The number of nitrogens with zero attached hydrogens (tertiary/aromatic N) is 2. The van der Waals surface area contributed by atoms with E-state index in [0.717, 1.165) is 11.6 Å². The predicted octanol–water partition coefficient (Wildman–Crippen LogP) is 1.82. The summed E-state index contributed by atoms with van der Waals surface area (Å²) >= 11 is 0. The van der Waals surface area contributed by atoms with Gasteiger partial charge in [-0.25, -0.2) is 0 Å². The van der Waals surface area contributed by atoms with E-state index in [4.69, 9.17) is 5.73 Å². The van der Waals surface area contributed by atoms with Crippen LogP contribution in [-0.4, -0.2) is 23.0 Å². The summed E-state index contributed by atoms with van der Waals surface area (Å²) < 4.78 is 0. The summed E-state index contributed by atoms with van der Waals surface area (Å²) in [6, 6.07) is 2.66. The van der Waals surface area contributed by atoms with Crippen LogP contribution in [0.25, 0.3) is 0 Å². The molecular formula is C12H17N3. The van der Waals surface area contributed by atoms with E-state index in [1.54, 1.807) is 6.20 Å². The molecule has 2 N–H and O–H groups in total. The van der Waals surface area contributed by atoms with Gasteiger partial charge in [0.15, 0.2) is 0 Å². The fourth-order valence-electron chi connectivity index (χ4n) is 2.97. The predicted molar refractivity (Wildman–Crippen MR) is 60.3 cm³/mol. The van der Waals surface area contributed by atoms with Crippen LogP contribution < -0.4 is 5.73 Å². The molecule has 0 aliphatic carbocycles. The molecule has 0 spiro atoms. The van der Waals surface area contributed by atoms with Gasteiger partial charge in [-0.05, 0) is 49.9 Å². The van der Waals surface area contributed by atoms with Gasteiger partial charge in [-0.15, -0.1) is 0 Å². The van der Waals surface area contributed by atoms with E-state index in [1.807, 2.05) is 6.20 Å². The summed E-state index contributed by atoms with van der Waals surface area (Å²) in [7, 11) is 0. The topological polar surface area (TPSA) is 42.1 Å². The summed E-state index contributed by atoms with van der Waals surface area (Å²) in [5.74, 6) is 0.932. The van der Waals surface area contributed by atoms with Gasteiger partial charge < -0.3 is 5.73 Å². The molecule has 3 fully saturated rings. The van der Waals surface area contributed by atoms with Crippen LogP contribution in [0, 0.1) is 5.92 Å². The van der Waals surface area contributed by atoms with Crippen LogP contribution in [0.4, 0.5) is 5.69 Å². The summed E-state index contributed by atoms with van der Waals surface area (Å²) in [4.78, 5) is 6.77. The van der Waals surface area contributed by atoms with E-state index in [0.29, 0.717) is 6.04 Å². The number of hydrogen-bond donors (Lipinski definition) is 1. The average molecular weight is 203 g/mol. The van der Waals surface area contributed by atoms with Gasteiger partial charge in [-0.1, -0.05) is 0 Å². The molecule has 3 heteroatoms. The van der Waals surface area contributed by atoms with Gasteiger partial charge in [0.2, 0.25) is 0 Å². The lowest BCUT2D eigenvalue weighted by Crippen LogP contribution is -2.43. The molecule has 0 radical (unpaired) electrons. The van der Waals surface area contributed by atoms with Crippen molar-refractivity contribution in [1.82, 2.24) is 9.88 Å². The molecule has 2 bridgehead atoms. The summed E-state index contributed by atoms with van der Waals surface area (Å²) in [5, 5.41) is 0. The van der Waals surface area contributed by atoms with Crippen molar-refractivity contribution in [3.8, 4) is 0 Å². The van der Waals surface area contributed by atoms with Crippen molar-refractivity contribution in [3.05, 3.63) is 24.0 Å². The van der Waals surface area contributed by atoms with Crippen LogP contribution >= 0.6 is 0 Å². The van der Waals surface area contributed by atoms with Gasteiger partial charge in [0, 0.05) is 18.4 Å². The Labute approximate surface area is 90.3 Å². The first-order valence-corrected chi connectivity index (χ1v) is 5.77. The standard InChI is InChI=1S/C12H17N3/c13-11-6-10(7-14-8-11)12-5-9-1-3-15(12)4-2-9/h6-9,12H,1-5,13H2. The third-order valence-corrected chi connectivity index (χ3v) is 3.81.